The van der Waals surface area contributed by atoms with E-state index in [2.05, 4.69) is 20.9 Å². The molecule has 1 atom stereocenters. The summed E-state index contributed by atoms with van der Waals surface area (Å²) in [6.07, 6.45) is 6.81. The van der Waals surface area contributed by atoms with Gasteiger partial charge < -0.3 is 8.98 Å². The van der Waals surface area contributed by atoms with Crippen molar-refractivity contribution in [1.82, 2.24) is 9.55 Å². The molecule has 0 fully saturated rings. The van der Waals surface area contributed by atoms with Gasteiger partial charge in [-0.05, 0) is 29.8 Å². The van der Waals surface area contributed by atoms with E-state index in [0.29, 0.717) is 16.5 Å². The normalized spacial score (nSPS) is 12.4. The van der Waals surface area contributed by atoms with Gasteiger partial charge in [0.1, 0.15) is 11.8 Å². The Bertz CT molecular complexity index is 1040. The van der Waals surface area contributed by atoms with E-state index >= 15 is 0 Å². The molecule has 0 aliphatic heterocycles. The minimum atomic E-state index is -0.290. The van der Waals surface area contributed by atoms with Crippen LogP contribution in [0.5, 0.6) is 0 Å². The summed E-state index contributed by atoms with van der Waals surface area (Å²) in [6, 6.07) is 14.9. The highest BCUT2D eigenvalue weighted by atomic mass is 79.9. The zero-order valence-corrected chi connectivity index (χ0v) is 14.2. The summed E-state index contributed by atoms with van der Waals surface area (Å²) in [5.41, 5.74) is 2.12. The molecule has 0 aliphatic carbocycles. The van der Waals surface area contributed by atoms with Crippen molar-refractivity contribution in [2.45, 2.75) is 6.04 Å². The molecule has 24 heavy (non-hydrogen) atoms. The van der Waals surface area contributed by atoms with Crippen LogP contribution in [0.1, 0.15) is 17.2 Å². The first-order valence-corrected chi connectivity index (χ1v) is 8.27. The zero-order chi connectivity index (χ0) is 16.5. The van der Waals surface area contributed by atoms with Crippen LogP contribution in [0.15, 0.2) is 87.2 Å². The highest BCUT2D eigenvalue weighted by molar-refractivity contribution is 9.10. The third-order valence-corrected chi connectivity index (χ3v) is 4.54. The van der Waals surface area contributed by atoms with E-state index in [4.69, 9.17) is 4.42 Å². The molecule has 5 heteroatoms. The minimum absolute atomic E-state index is 0.0292. The van der Waals surface area contributed by atoms with E-state index < -0.39 is 0 Å². The Morgan fingerprint density at radius 3 is 2.62 bits per heavy atom. The summed E-state index contributed by atoms with van der Waals surface area (Å²) in [4.78, 5) is 17.1. The molecule has 0 aliphatic rings. The topological polar surface area (TPSA) is 48.0 Å². The van der Waals surface area contributed by atoms with Crippen molar-refractivity contribution in [3.8, 4) is 0 Å². The van der Waals surface area contributed by atoms with E-state index in [1.54, 1.807) is 30.9 Å². The quantitative estimate of drug-likeness (QED) is 0.529. The second-order valence-electron chi connectivity index (χ2n) is 5.48. The first kappa shape index (κ1) is 14.9. The molecule has 2 aromatic carbocycles. The van der Waals surface area contributed by atoms with Gasteiger partial charge in [-0.25, -0.2) is 4.98 Å². The summed E-state index contributed by atoms with van der Waals surface area (Å²) < 4.78 is 8.60. The third kappa shape index (κ3) is 2.57. The third-order valence-electron chi connectivity index (χ3n) is 4.01. The van der Waals surface area contributed by atoms with Crippen LogP contribution < -0.4 is 5.43 Å². The first-order chi connectivity index (χ1) is 11.7. The van der Waals surface area contributed by atoms with Gasteiger partial charge in [0, 0.05) is 16.9 Å². The number of benzene rings is 2. The average Bonchev–Trinajstić information content (AvgIpc) is 3.13. The van der Waals surface area contributed by atoms with E-state index in [1.165, 1.54) is 0 Å². The van der Waals surface area contributed by atoms with Gasteiger partial charge >= 0.3 is 0 Å². The van der Waals surface area contributed by atoms with Crippen LogP contribution in [0.3, 0.4) is 0 Å². The van der Waals surface area contributed by atoms with E-state index in [1.807, 2.05) is 47.2 Å². The van der Waals surface area contributed by atoms with Crippen molar-refractivity contribution < 1.29 is 4.42 Å². The average molecular weight is 381 g/mol. The van der Waals surface area contributed by atoms with Crippen molar-refractivity contribution in [3.63, 3.8) is 0 Å². The maximum Gasteiger partial charge on any atom is 0.198 e. The lowest BCUT2D eigenvalue weighted by atomic mass is 9.99. The Morgan fingerprint density at radius 1 is 1.08 bits per heavy atom. The molecule has 0 unspecified atom stereocenters. The SMILES string of the molecule is O=c1c([C@@H](c2ccc(Br)cc2)n2ccnc2)coc2ccccc12. The molecule has 4 aromatic rings. The van der Waals surface area contributed by atoms with Crippen molar-refractivity contribution in [2.75, 3.05) is 0 Å². The van der Waals surface area contributed by atoms with E-state index in [-0.39, 0.29) is 11.5 Å². The van der Waals surface area contributed by atoms with Gasteiger partial charge in [0.05, 0.1) is 23.3 Å². The molecule has 4 rings (SSSR count). The van der Waals surface area contributed by atoms with Crippen LogP contribution in [-0.4, -0.2) is 9.55 Å². The smallest absolute Gasteiger partial charge is 0.198 e. The molecule has 4 nitrogen and oxygen atoms in total. The van der Waals surface area contributed by atoms with E-state index in [9.17, 15) is 4.79 Å². The Labute approximate surface area is 146 Å². The lowest BCUT2D eigenvalue weighted by Gasteiger charge is -2.19. The Balaban J connectivity index is 1.96. The standard InChI is InChI=1S/C19H13BrN2O2/c20-14-7-5-13(6-8-14)18(22-10-9-21-12-22)16-11-24-17-4-2-1-3-15(17)19(16)23/h1-12,18H/t18-/m1/s1. The van der Waals surface area contributed by atoms with Gasteiger partial charge in [-0.15, -0.1) is 0 Å². The van der Waals surface area contributed by atoms with Crippen LogP contribution in [0.25, 0.3) is 11.0 Å². The van der Waals surface area contributed by atoms with Crippen LogP contribution in [-0.2, 0) is 0 Å². The molecule has 0 saturated heterocycles. The fourth-order valence-electron chi connectivity index (χ4n) is 2.86. The van der Waals surface area contributed by atoms with Crippen molar-refractivity contribution in [1.29, 1.82) is 0 Å². The summed E-state index contributed by atoms with van der Waals surface area (Å²) in [6.45, 7) is 0. The van der Waals surface area contributed by atoms with Gasteiger partial charge in [-0.3, -0.25) is 4.79 Å². The summed E-state index contributed by atoms with van der Waals surface area (Å²) in [5.74, 6) is 0. The summed E-state index contributed by atoms with van der Waals surface area (Å²) in [7, 11) is 0. The molecular weight excluding hydrogens is 368 g/mol. The van der Waals surface area contributed by atoms with Crippen LogP contribution in [0.2, 0.25) is 0 Å². The number of halogens is 1. The van der Waals surface area contributed by atoms with Crippen LogP contribution >= 0.6 is 15.9 Å². The number of hydrogen-bond donors (Lipinski definition) is 0. The van der Waals surface area contributed by atoms with Crippen molar-refractivity contribution in [3.05, 3.63) is 99.3 Å². The number of aromatic nitrogens is 2. The fourth-order valence-corrected chi connectivity index (χ4v) is 3.13. The van der Waals surface area contributed by atoms with Crippen LogP contribution in [0, 0.1) is 0 Å². The van der Waals surface area contributed by atoms with Gasteiger partial charge in [0.25, 0.3) is 0 Å². The molecule has 0 spiro atoms. The minimum Gasteiger partial charge on any atom is -0.464 e. The van der Waals surface area contributed by atoms with Crippen LogP contribution in [0.4, 0.5) is 0 Å². The van der Waals surface area contributed by atoms with Gasteiger partial charge in [-0.1, -0.05) is 40.2 Å². The second-order valence-corrected chi connectivity index (χ2v) is 6.40. The molecule has 2 aromatic heterocycles. The summed E-state index contributed by atoms with van der Waals surface area (Å²) in [5, 5.41) is 0.581. The molecule has 118 valence electrons. The molecular formula is C19H13BrN2O2. The number of para-hydroxylation sites is 1. The van der Waals surface area contributed by atoms with E-state index in [0.717, 1.165) is 10.0 Å². The van der Waals surface area contributed by atoms with Gasteiger partial charge in [0.15, 0.2) is 5.43 Å². The lowest BCUT2D eigenvalue weighted by molar-refractivity contribution is 0.570. The number of imidazole rings is 1. The molecule has 2 heterocycles. The Kier molecular flexibility index (Phi) is 3.78. The maximum absolute atomic E-state index is 13.0. The molecule has 0 bridgehead atoms. The monoisotopic (exact) mass is 380 g/mol. The first-order valence-electron chi connectivity index (χ1n) is 7.47. The summed E-state index contributed by atoms with van der Waals surface area (Å²) >= 11 is 3.45. The Hall–Kier alpha value is -2.66. The molecule has 0 saturated carbocycles. The molecule has 0 radical (unpaired) electrons. The number of rotatable bonds is 3. The number of fused-ring (bicyclic) bond motifs is 1. The molecule has 0 N–H and O–H groups in total. The Morgan fingerprint density at radius 2 is 1.88 bits per heavy atom. The lowest BCUT2D eigenvalue weighted by Crippen LogP contribution is -2.19. The van der Waals surface area contributed by atoms with Gasteiger partial charge in [0.2, 0.25) is 0 Å². The number of hydrogen-bond acceptors (Lipinski definition) is 3. The largest absolute Gasteiger partial charge is 0.464 e. The second kappa shape index (κ2) is 6.09. The predicted octanol–water partition coefficient (Wildman–Crippen LogP) is 4.39. The maximum atomic E-state index is 13.0. The van der Waals surface area contributed by atoms with Crippen molar-refractivity contribution in [2.24, 2.45) is 0 Å². The molecule has 0 amide bonds. The predicted molar refractivity (Wildman–Crippen MR) is 96.1 cm³/mol. The van der Waals surface area contributed by atoms with Crippen molar-refractivity contribution >= 4 is 26.9 Å². The van der Waals surface area contributed by atoms with Gasteiger partial charge in [-0.2, -0.15) is 0 Å². The fraction of sp³-hybridized carbons (Fsp3) is 0.0526. The highest BCUT2D eigenvalue weighted by Gasteiger charge is 2.21. The number of nitrogens with zero attached hydrogens (tertiary/aromatic N) is 2. The zero-order valence-electron chi connectivity index (χ0n) is 12.6. The highest BCUT2D eigenvalue weighted by Crippen LogP contribution is 2.27.